The van der Waals surface area contributed by atoms with Crippen molar-refractivity contribution >= 4 is 178 Å². The zero-order valence-corrected chi connectivity index (χ0v) is 52.1. The number of aryl methyl sites for hydroxylation is 2. The molecule has 4 saturated heterocycles. The summed E-state index contributed by atoms with van der Waals surface area (Å²) in [5, 5.41) is 14.1. The van der Waals surface area contributed by atoms with Gasteiger partial charge in [-0.25, -0.2) is 0 Å². The first-order valence-electron chi connectivity index (χ1n) is 33.5. The molecule has 16 aromatic rings. The fourth-order valence-corrected chi connectivity index (χ4v) is 31.5. The molecule has 0 amide bonds. The minimum atomic E-state index is -1.95. The van der Waals surface area contributed by atoms with Crippen molar-refractivity contribution in [2.45, 2.75) is 13.8 Å². The molecule has 0 aliphatic carbocycles. The van der Waals surface area contributed by atoms with Gasteiger partial charge in [-0.05, 0) is 87.8 Å². The number of nitrogens with zero attached hydrogens (tertiary/aromatic N) is 3. The third-order valence-electron chi connectivity index (χ3n) is 24.9. The SMILES string of the molecule is Cc1ccc2c(c1)-c1cccc3c1B2c1cccc2c4ccccc4n-3c12.Cc1cccc2c1-c1cccc3c1B2c1cccc2c4ccccc4n-3c12.[BH2-]1B2B3B1P23(Nc1ccccc1)c1ccc2c(c1)B1c3c-2cccc3-n2c3ccccc3c3cccc1c32. The van der Waals surface area contributed by atoms with Crippen LogP contribution in [0, 0.1) is 13.8 Å². The molecule has 1 N–H and O–H groups in total. The molecule has 420 valence electrons. The van der Waals surface area contributed by atoms with E-state index in [1.807, 2.05) is 0 Å². The van der Waals surface area contributed by atoms with Crippen molar-refractivity contribution < 1.29 is 0 Å². The summed E-state index contributed by atoms with van der Waals surface area (Å²) in [6.45, 7) is 5.43. The van der Waals surface area contributed by atoms with Crippen molar-refractivity contribution in [2.24, 2.45) is 0 Å². The standard InChI is InChI=1S/C30H21B5N2P.2C25H16BN/c1-2-8-19(9-3-1)36-38(33-31-34(38)35(33)38)20-16-17-21-23-11-7-15-28-29(23)32(26(21)18-20)25-13-6-12-24-22-10-4-5-14-27(22)37(28)30(24)25;1-15-7-4-11-19-23(15)18-10-6-14-22-24(18)26(19)20-12-5-9-17-16-8-2-3-13-21(16)27(22)25(17)20;1-15-12-13-20-19(14-15)17-7-5-11-23-24(17)26(20)21-9-4-8-18-16-6-2-3-10-22(16)27(23)25(18)21/h1-18,36H,31H2;2*2-14H,1H3/q-1;;. The number of anilines is 1. The number of hydrogen-bond acceptors (Lipinski definition) is 1. The van der Waals surface area contributed by atoms with Crippen molar-refractivity contribution in [3.05, 3.63) is 278 Å². The van der Waals surface area contributed by atoms with Crippen LogP contribution in [0.2, 0.25) is 0 Å². The van der Waals surface area contributed by atoms with Crippen LogP contribution in [0.25, 0.3) is 116 Å². The van der Waals surface area contributed by atoms with Gasteiger partial charge in [0.2, 0.25) is 13.4 Å². The van der Waals surface area contributed by atoms with E-state index in [2.05, 4.69) is 300 Å². The van der Waals surface area contributed by atoms with Crippen molar-refractivity contribution in [1.82, 2.24) is 13.7 Å². The normalized spacial score (nSPS) is 16.0. The third kappa shape index (κ3) is 5.65. The van der Waals surface area contributed by atoms with E-state index in [9.17, 15) is 0 Å². The molecule has 26 rings (SSSR count). The van der Waals surface area contributed by atoms with Crippen LogP contribution in [0.1, 0.15) is 11.1 Å². The van der Waals surface area contributed by atoms with Crippen molar-refractivity contribution in [2.75, 3.05) is 5.09 Å². The van der Waals surface area contributed by atoms with E-state index in [1.54, 1.807) is 10.8 Å². The Morgan fingerprint density at radius 2 is 0.783 bits per heavy atom. The predicted octanol–water partition coefficient (Wildman–Crippen LogP) is 10.9. The Morgan fingerprint density at radius 3 is 1.33 bits per heavy atom. The minimum absolute atomic E-state index is 0.251. The number of aromatic nitrogens is 3. The molecule has 3 aromatic heterocycles. The summed E-state index contributed by atoms with van der Waals surface area (Å²) in [7, 11) is 0.251. The van der Waals surface area contributed by atoms with Gasteiger partial charge in [-0.1, -0.05) is 150 Å². The van der Waals surface area contributed by atoms with Crippen molar-refractivity contribution in [3.63, 3.8) is 0 Å². The van der Waals surface area contributed by atoms with Crippen molar-refractivity contribution in [1.29, 1.82) is 0 Å². The van der Waals surface area contributed by atoms with E-state index in [0.717, 1.165) is 18.6 Å². The van der Waals surface area contributed by atoms with Gasteiger partial charge in [-0.2, -0.15) is 0 Å². The molecule has 4 fully saturated rings. The molecule has 13 heterocycles. The molecule has 2 bridgehead atoms. The summed E-state index contributed by atoms with van der Waals surface area (Å²) in [6.07, 6.45) is 1.13. The predicted molar refractivity (Wildman–Crippen MR) is 405 cm³/mol. The van der Waals surface area contributed by atoms with Crippen LogP contribution in [0.4, 0.5) is 5.69 Å². The van der Waals surface area contributed by atoms with Gasteiger partial charge in [0, 0.05) is 44.0 Å². The maximum absolute atomic E-state index is 4.28. The molecule has 0 radical (unpaired) electrons. The number of hydrogen-bond donors (Lipinski definition) is 1. The summed E-state index contributed by atoms with van der Waals surface area (Å²) in [5.74, 6) is 0. The first kappa shape index (κ1) is 49.7. The molecule has 0 atom stereocenters. The molecule has 13 aromatic carbocycles. The average molecular weight is 1180 g/mol. The Hall–Kier alpha value is -10.1. The fourth-order valence-electron chi connectivity index (χ4n) is 21.3. The van der Waals surface area contributed by atoms with Crippen LogP contribution < -0.4 is 59.6 Å². The van der Waals surface area contributed by atoms with Gasteiger partial charge in [0.05, 0.1) is 11.0 Å². The topological polar surface area (TPSA) is 26.8 Å². The summed E-state index contributed by atoms with van der Waals surface area (Å²) < 4.78 is 7.54. The van der Waals surface area contributed by atoms with E-state index in [0.29, 0.717) is 20.1 Å². The van der Waals surface area contributed by atoms with Crippen LogP contribution >= 0.6 is 6.39 Å². The van der Waals surface area contributed by atoms with Gasteiger partial charge in [-0.15, -0.1) is 0 Å². The number of nitrogens with one attached hydrogen (secondary N) is 1. The van der Waals surface area contributed by atoms with E-state index in [-0.39, 0.29) is 7.06 Å². The van der Waals surface area contributed by atoms with Crippen LogP contribution in [0.3, 0.4) is 0 Å². The Kier molecular flexibility index (Phi) is 9.13. The number of fused-ring (bicyclic) bond motifs is 24. The van der Waals surface area contributed by atoms with E-state index >= 15 is 0 Å². The average Bonchev–Trinajstić information content (AvgIpc) is 1.36. The van der Waals surface area contributed by atoms with Crippen LogP contribution in [-0.4, -0.2) is 59.5 Å². The van der Waals surface area contributed by atoms with Gasteiger partial charge in [0.15, 0.2) is 0 Å². The third-order valence-corrected chi connectivity index (χ3v) is 33.3. The Labute approximate surface area is 535 Å². The Balaban J connectivity index is 0.0000000905. The molecular weight excluding hydrogens is 1120 g/mol. The molecule has 10 aliphatic heterocycles. The quantitative estimate of drug-likeness (QED) is 0.139. The fraction of sp³-hybridized carbons (Fsp3) is 0.0250. The van der Waals surface area contributed by atoms with Crippen molar-refractivity contribution in [3.8, 4) is 50.4 Å². The molecule has 0 saturated carbocycles. The van der Waals surface area contributed by atoms with Crippen LogP contribution in [0.15, 0.2) is 267 Å². The first-order chi connectivity index (χ1) is 45.5. The van der Waals surface area contributed by atoms with Gasteiger partial charge in [0.1, 0.15) is 0 Å². The second-order valence-corrected chi connectivity index (χ2v) is 34.0. The van der Waals surface area contributed by atoms with Crippen LogP contribution in [0.5, 0.6) is 0 Å². The van der Waals surface area contributed by atoms with Gasteiger partial charge in [-0.3, -0.25) is 0 Å². The monoisotopic (exact) mass is 1180 g/mol. The van der Waals surface area contributed by atoms with Gasteiger partial charge in [0.25, 0.3) is 0 Å². The molecule has 0 spiro atoms. The summed E-state index contributed by atoms with van der Waals surface area (Å²) in [4.78, 5) is 0. The van der Waals surface area contributed by atoms with E-state index in [1.165, 1.54) is 176 Å². The zero-order valence-electron chi connectivity index (χ0n) is 51.2. The second-order valence-electron chi connectivity index (χ2n) is 28.3. The van der Waals surface area contributed by atoms with Gasteiger partial charge < -0.3 is 9.13 Å². The summed E-state index contributed by atoms with van der Waals surface area (Å²) in [6, 6.07) is 100. The molecule has 4 nitrogen and oxygen atoms in total. The molecule has 10 aliphatic rings. The van der Waals surface area contributed by atoms with E-state index < -0.39 is 6.39 Å². The molecule has 12 heteroatoms. The Morgan fingerprint density at radius 1 is 0.337 bits per heavy atom. The summed E-state index contributed by atoms with van der Waals surface area (Å²) >= 11 is 0. The number of benzene rings is 13. The number of para-hydroxylation sites is 7. The molecule has 92 heavy (non-hydrogen) atoms. The first-order valence-corrected chi connectivity index (χ1v) is 35.9. The zero-order chi connectivity index (χ0) is 59.8. The van der Waals surface area contributed by atoms with Gasteiger partial charge >= 0.3 is 224 Å². The maximum atomic E-state index is 4.28. The summed E-state index contributed by atoms with van der Waals surface area (Å²) in [5.41, 5.74) is 38.0. The number of rotatable bonds is 3. The second kappa shape index (κ2) is 16.9. The Bertz CT molecular complexity index is 6140. The molecular formula is C80H53B7N4P-. The molecule has 0 unspecified atom stereocenters. The van der Waals surface area contributed by atoms with E-state index in [4.69, 9.17) is 0 Å². The van der Waals surface area contributed by atoms with Crippen LogP contribution in [-0.2, 0) is 0 Å².